The molecular formula is C18H17N3O5S. The number of carbonyl (C=O) groups is 3. The minimum absolute atomic E-state index is 0.199. The molecule has 3 rings (SSSR count). The van der Waals surface area contributed by atoms with Crippen LogP contribution in [0.2, 0.25) is 0 Å². The van der Waals surface area contributed by atoms with Gasteiger partial charge in [0.05, 0.1) is 17.7 Å². The maximum Gasteiger partial charge on any atom is 0.309 e. The molecule has 1 aliphatic heterocycles. The van der Waals surface area contributed by atoms with E-state index in [0.29, 0.717) is 36.5 Å². The van der Waals surface area contributed by atoms with Crippen molar-refractivity contribution in [3.8, 4) is 6.07 Å². The maximum absolute atomic E-state index is 12.2. The lowest BCUT2D eigenvalue weighted by Crippen LogP contribution is -2.40. The van der Waals surface area contributed by atoms with E-state index in [1.165, 1.54) is 17.6 Å². The molecular weight excluding hydrogens is 370 g/mol. The molecule has 0 aliphatic carbocycles. The topological polar surface area (TPSA) is 113 Å². The van der Waals surface area contributed by atoms with Gasteiger partial charge in [0.2, 0.25) is 0 Å². The van der Waals surface area contributed by atoms with Crippen molar-refractivity contribution in [2.75, 3.05) is 25.0 Å². The summed E-state index contributed by atoms with van der Waals surface area (Å²) in [6, 6.07) is 6.83. The van der Waals surface area contributed by atoms with Gasteiger partial charge in [-0.1, -0.05) is 0 Å². The van der Waals surface area contributed by atoms with E-state index in [0.717, 1.165) is 0 Å². The summed E-state index contributed by atoms with van der Waals surface area (Å²) in [5, 5.41) is 13.6. The number of likely N-dealkylation sites (tertiary alicyclic amines) is 1. The van der Waals surface area contributed by atoms with Crippen molar-refractivity contribution in [1.82, 2.24) is 4.90 Å². The Morgan fingerprint density at radius 2 is 2.11 bits per heavy atom. The molecule has 140 valence electrons. The number of anilines is 1. The van der Waals surface area contributed by atoms with E-state index in [9.17, 15) is 14.4 Å². The van der Waals surface area contributed by atoms with Gasteiger partial charge in [-0.2, -0.15) is 5.26 Å². The molecule has 27 heavy (non-hydrogen) atoms. The monoisotopic (exact) mass is 387 g/mol. The van der Waals surface area contributed by atoms with Crippen LogP contribution in [0, 0.1) is 17.2 Å². The molecule has 2 aromatic heterocycles. The third-order valence-electron chi connectivity index (χ3n) is 4.23. The van der Waals surface area contributed by atoms with Gasteiger partial charge in [-0.3, -0.25) is 14.4 Å². The maximum atomic E-state index is 12.2. The van der Waals surface area contributed by atoms with Crippen LogP contribution in [-0.4, -0.2) is 42.4 Å². The Kier molecular flexibility index (Phi) is 5.88. The molecule has 0 saturated carbocycles. The highest BCUT2D eigenvalue weighted by molar-refractivity contribution is 7.14. The molecule has 1 fully saturated rings. The zero-order valence-electron chi connectivity index (χ0n) is 14.3. The summed E-state index contributed by atoms with van der Waals surface area (Å²) in [6.07, 6.45) is 2.38. The van der Waals surface area contributed by atoms with Crippen LogP contribution in [-0.2, 0) is 14.3 Å². The Hall–Kier alpha value is -3.12. The molecule has 0 bridgehead atoms. The third kappa shape index (κ3) is 4.54. The van der Waals surface area contributed by atoms with Crippen LogP contribution in [0.15, 0.2) is 34.3 Å². The standard InChI is InChI=1S/C18H17N3O5S/c19-10-13-5-9-27-16(13)20-15(22)11-26-18(24)12-3-6-21(7-4-12)17(23)14-2-1-8-25-14/h1-2,5,8-9,12H,3-4,6-7,11H2,(H,20,22). The molecule has 0 radical (unpaired) electrons. The Bertz CT molecular complexity index is 860. The Morgan fingerprint density at radius 3 is 2.78 bits per heavy atom. The second kappa shape index (κ2) is 8.51. The Balaban J connectivity index is 1.42. The Labute approximate surface area is 159 Å². The number of hydrogen-bond acceptors (Lipinski definition) is 7. The first-order valence-corrected chi connectivity index (χ1v) is 9.23. The van der Waals surface area contributed by atoms with E-state index in [2.05, 4.69) is 5.32 Å². The fraction of sp³-hybridized carbons (Fsp3) is 0.333. The van der Waals surface area contributed by atoms with Crippen LogP contribution in [0.25, 0.3) is 0 Å². The van der Waals surface area contributed by atoms with Crippen LogP contribution >= 0.6 is 11.3 Å². The van der Waals surface area contributed by atoms with Crippen LogP contribution in [0.3, 0.4) is 0 Å². The lowest BCUT2D eigenvalue weighted by Gasteiger charge is -2.30. The van der Waals surface area contributed by atoms with Gasteiger partial charge in [0.15, 0.2) is 12.4 Å². The number of amides is 2. The van der Waals surface area contributed by atoms with Crippen molar-refractivity contribution in [1.29, 1.82) is 5.26 Å². The van der Waals surface area contributed by atoms with Crippen LogP contribution < -0.4 is 5.32 Å². The van der Waals surface area contributed by atoms with Crippen LogP contribution in [0.5, 0.6) is 0 Å². The van der Waals surface area contributed by atoms with E-state index in [4.69, 9.17) is 14.4 Å². The van der Waals surface area contributed by atoms with E-state index >= 15 is 0 Å². The summed E-state index contributed by atoms with van der Waals surface area (Å²) >= 11 is 1.23. The second-order valence-electron chi connectivity index (χ2n) is 5.97. The van der Waals surface area contributed by atoms with Crippen molar-refractivity contribution in [3.63, 3.8) is 0 Å². The van der Waals surface area contributed by atoms with E-state index in [1.54, 1.807) is 28.5 Å². The molecule has 1 saturated heterocycles. The predicted octanol–water partition coefficient (Wildman–Crippen LogP) is 2.25. The number of carbonyl (C=O) groups excluding carboxylic acids is 3. The van der Waals surface area contributed by atoms with Gasteiger partial charge in [0, 0.05) is 13.1 Å². The normalized spacial score (nSPS) is 14.4. The molecule has 8 nitrogen and oxygen atoms in total. The largest absolute Gasteiger partial charge is 0.459 e. The van der Waals surface area contributed by atoms with Gasteiger partial charge in [-0.25, -0.2) is 0 Å². The number of nitrogens with one attached hydrogen (secondary N) is 1. The zero-order chi connectivity index (χ0) is 19.2. The first-order valence-electron chi connectivity index (χ1n) is 8.35. The first kappa shape index (κ1) is 18.7. The molecule has 3 heterocycles. The molecule has 2 amide bonds. The van der Waals surface area contributed by atoms with Crippen LogP contribution in [0.1, 0.15) is 29.0 Å². The number of nitrogens with zero attached hydrogens (tertiary/aromatic N) is 2. The van der Waals surface area contributed by atoms with E-state index < -0.39 is 18.5 Å². The lowest BCUT2D eigenvalue weighted by atomic mass is 9.97. The van der Waals surface area contributed by atoms with Gasteiger partial charge in [-0.05, 0) is 36.4 Å². The van der Waals surface area contributed by atoms with Crippen molar-refractivity contribution in [2.45, 2.75) is 12.8 Å². The van der Waals surface area contributed by atoms with Gasteiger partial charge in [-0.15, -0.1) is 11.3 Å². The third-order valence-corrected chi connectivity index (χ3v) is 5.06. The minimum atomic E-state index is -0.493. The average molecular weight is 387 g/mol. The second-order valence-corrected chi connectivity index (χ2v) is 6.89. The first-order chi connectivity index (χ1) is 13.1. The van der Waals surface area contributed by atoms with Gasteiger partial charge >= 0.3 is 5.97 Å². The molecule has 1 N–H and O–H groups in total. The van der Waals surface area contributed by atoms with Crippen molar-refractivity contribution in [3.05, 3.63) is 41.2 Å². The molecule has 0 aromatic carbocycles. The number of piperidine rings is 1. The number of esters is 1. The van der Waals surface area contributed by atoms with Gasteiger partial charge in [0.25, 0.3) is 11.8 Å². The number of nitriles is 1. The molecule has 2 aromatic rings. The highest BCUT2D eigenvalue weighted by Crippen LogP contribution is 2.23. The predicted molar refractivity (Wildman–Crippen MR) is 96.0 cm³/mol. The summed E-state index contributed by atoms with van der Waals surface area (Å²) in [6.45, 7) is 0.436. The van der Waals surface area contributed by atoms with Gasteiger partial charge in [0.1, 0.15) is 11.1 Å². The van der Waals surface area contributed by atoms with Gasteiger partial charge < -0.3 is 19.4 Å². The minimum Gasteiger partial charge on any atom is -0.459 e. The van der Waals surface area contributed by atoms with E-state index in [1.807, 2.05) is 6.07 Å². The van der Waals surface area contributed by atoms with Crippen molar-refractivity contribution in [2.24, 2.45) is 5.92 Å². The fourth-order valence-corrected chi connectivity index (χ4v) is 3.54. The number of rotatable bonds is 5. The van der Waals surface area contributed by atoms with Crippen LogP contribution in [0.4, 0.5) is 5.00 Å². The number of furan rings is 1. The lowest BCUT2D eigenvalue weighted by molar-refractivity contribution is -0.152. The summed E-state index contributed by atoms with van der Waals surface area (Å²) < 4.78 is 10.2. The summed E-state index contributed by atoms with van der Waals surface area (Å²) in [7, 11) is 0. The van der Waals surface area contributed by atoms with Crippen molar-refractivity contribution < 1.29 is 23.5 Å². The number of thiophene rings is 1. The molecule has 0 spiro atoms. The van der Waals surface area contributed by atoms with Crippen molar-refractivity contribution >= 4 is 34.1 Å². The SMILES string of the molecule is N#Cc1ccsc1NC(=O)COC(=O)C1CCN(C(=O)c2ccco2)CC1. The zero-order valence-corrected chi connectivity index (χ0v) is 15.2. The molecule has 0 unspecified atom stereocenters. The van der Waals surface area contributed by atoms with E-state index in [-0.39, 0.29) is 17.6 Å². The average Bonchev–Trinajstić information content (AvgIpc) is 3.37. The highest BCUT2D eigenvalue weighted by atomic mass is 32.1. The summed E-state index contributed by atoms with van der Waals surface area (Å²) in [5.41, 5.74) is 0.369. The smallest absolute Gasteiger partial charge is 0.309 e. The quantitative estimate of drug-likeness (QED) is 0.788. The number of ether oxygens (including phenoxy) is 1. The Morgan fingerprint density at radius 1 is 1.33 bits per heavy atom. The molecule has 0 atom stereocenters. The molecule has 1 aliphatic rings. The summed E-state index contributed by atoms with van der Waals surface area (Å²) in [4.78, 5) is 37.9. The summed E-state index contributed by atoms with van der Waals surface area (Å²) in [5.74, 6) is -1.22. The fourth-order valence-electron chi connectivity index (χ4n) is 2.79. The molecule has 9 heteroatoms. The highest BCUT2D eigenvalue weighted by Gasteiger charge is 2.30. The number of hydrogen-bond donors (Lipinski definition) is 1.